The van der Waals surface area contributed by atoms with Crippen LogP contribution in [0.5, 0.6) is 0 Å². The van der Waals surface area contributed by atoms with Crippen LogP contribution in [0.4, 0.5) is 0 Å². The molecule has 4 nitrogen and oxygen atoms in total. The maximum atomic E-state index is 12.7. The number of sulfonamides is 1. The van der Waals surface area contributed by atoms with Crippen molar-refractivity contribution in [3.05, 3.63) is 45.2 Å². The number of pyridine rings is 1. The molecule has 0 aliphatic carbocycles. The fourth-order valence-corrected chi connectivity index (χ4v) is 5.05. The van der Waals surface area contributed by atoms with Crippen molar-refractivity contribution in [2.24, 2.45) is 0 Å². The van der Waals surface area contributed by atoms with E-state index >= 15 is 0 Å². The van der Waals surface area contributed by atoms with Gasteiger partial charge in [-0.2, -0.15) is 4.31 Å². The maximum Gasteiger partial charge on any atom is 0.261 e. The first-order chi connectivity index (χ1) is 10.1. The molecule has 0 unspecified atom stereocenters. The van der Waals surface area contributed by atoms with Gasteiger partial charge in [-0.3, -0.25) is 0 Å². The van der Waals surface area contributed by atoms with E-state index in [4.69, 9.17) is 0 Å². The van der Waals surface area contributed by atoms with Gasteiger partial charge in [-0.1, -0.05) is 13.0 Å². The van der Waals surface area contributed by atoms with Crippen molar-refractivity contribution in [1.82, 2.24) is 9.29 Å². The molecular weight excluding hydrogens is 372 g/mol. The number of hydrogen-bond donors (Lipinski definition) is 0. The van der Waals surface area contributed by atoms with Gasteiger partial charge in [0.2, 0.25) is 0 Å². The smallest absolute Gasteiger partial charge is 0.242 e. The fraction of sp³-hybridized carbons (Fsp3) is 0.357. The van der Waals surface area contributed by atoms with Crippen molar-refractivity contribution in [3.8, 4) is 0 Å². The fourth-order valence-electron chi connectivity index (χ4n) is 1.97. The van der Waals surface area contributed by atoms with Crippen LogP contribution < -0.4 is 0 Å². The van der Waals surface area contributed by atoms with Crippen LogP contribution in [0, 0.1) is 0 Å². The number of hydrogen-bond acceptors (Lipinski definition) is 4. The number of rotatable bonds is 7. The van der Waals surface area contributed by atoms with Crippen LogP contribution in [-0.4, -0.2) is 30.8 Å². The van der Waals surface area contributed by atoms with Crippen molar-refractivity contribution < 1.29 is 8.42 Å². The Balaban J connectivity index is 2.22. The Bertz CT molecular complexity index is 672. The molecule has 114 valence electrons. The van der Waals surface area contributed by atoms with Crippen molar-refractivity contribution in [2.45, 2.75) is 24.8 Å². The quantitative estimate of drug-likeness (QED) is 0.728. The Morgan fingerprint density at radius 1 is 1.29 bits per heavy atom. The lowest BCUT2D eigenvalue weighted by atomic mass is 10.3. The molecule has 0 radical (unpaired) electrons. The Kier molecular flexibility index (Phi) is 5.92. The SMILES string of the molecule is CCCN(CCc1cccs1)S(=O)(=O)c1ncccc1Br. The number of thiophene rings is 1. The van der Waals surface area contributed by atoms with Crippen LogP contribution in [0.3, 0.4) is 0 Å². The molecule has 0 N–H and O–H groups in total. The Morgan fingerprint density at radius 2 is 2.10 bits per heavy atom. The van der Waals surface area contributed by atoms with Crippen LogP contribution >= 0.6 is 27.3 Å². The van der Waals surface area contributed by atoms with Gasteiger partial charge in [0.05, 0.1) is 4.47 Å². The molecule has 2 aromatic rings. The molecular formula is C14H17BrN2O2S2. The standard InChI is InChI=1S/C14H17BrN2O2S2/c1-2-9-17(10-7-12-5-4-11-20-12)21(18,19)14-13(15)6-3-8-16-14/h3-6,8,11H,2,7,9-10H2,1H3. The third-order valence-corrected chi connectivity index (χ3v) is 6.67. The van der Waals surface area contributed by atoms with Gasteiger partial charge in [0, 0.05) is 24.2 Å². The van der Waals surface area contributed by atoms with Crippen LogP contribution in [0.25, 0.3) is 0 Å². The van der Waals surface area contributed by atoms with Crippen LogP contribution in [0.2, 0.25) is 0 Å². The Hall–Kier alpha value is -0.760. The molecule has 0 amide bonds. The third kappa shape index (κ3) is 4.12. The van der Waals surface area contributed by atoms with E-state index in [0.717, 1.165) is 12.8 Å². The van der Waals surface area contributed by atoms with Gasteiger partial charge >= 0.3 is 0 Å². The summed E-state index contributed by atoms with van der Waals surface area (Å²) in [7, 11) is -3.57. The van der Waals surface area contributed by atoms with Crippen molar-refractivity contribution >= 4 is 37.3 Å². The lowest BCUT2D eigenvalue weighted by Crippen LogP contribution is -2.34. The predicted octanol–water partition coefficient (Wildman–Crippen LogP) is 3.55. The molecule has 2 heterocycles. The minimum atomic E-state index is -3.57. The number of aromatic nitrogens is 1. The molecule has 0 aliphatic rings. The van der Waals surface area contributed by atoms with Gasteiger partial charge in [-0.05, 0) is 52.4 Å². The summed E-state index contributed by atoms with van der Waals surface area (Å²) >= 11 is 4.92. The maximum absolute atomic E-state index is 12.7. The molecule has 0 spiro atoms. The Morgan fingerprint density at radius 3 is 2.71 bits per heavy atom. The van der Waals surface area contributed by atoms with Gasteiger partial charge in [0.15, 0.2) is 5.03 Å². The molecule has 21 heavy (non-hydrogen) atoms. The van der Waals surface area contributed by atoms with Gasteiger partial charge in [0.1, 0.15) is 0 Å². The zero-order valence-corrected chi connectivity index (χ0v) is 14.9. The zero-order valence-electron chi connectivity index (χ0n) is 11.7. The monoisotopic (exact) mass is 388 g/mol. The summed E-state index contributed by atoms with van der Waals surface area (Å²) in [5.41, 5.74) is 0. The third-order valence-electron chi connectivity index (χ3n) is 2.97. The highest BCUT2D eigenvalue weighted by Gasteiger charge is 2.27. The lowest BCUT2D eigenvalue weighted by molar-refractivity contribution is 0.412. The van der Waals surface area contributed by atoms with Crippen LogP contribution in [-0.2, 0) is 16.4 Å². The molecule has 0 saturated carbocycles. The van der Waals surface area contributed by atoms with Crippen LogP contribution in [0.1, 0.15) is 18.2 Å². The summed E-state index contributed by atoms with van der Waals surface area (Å²) in [4.78, 5) is 5.21. The lowest BCUT2D eigenvalue weighted by Gasteiger charge is -2.21. The molecule has 7 heteroatoms. The van der Waals surface area contributed by atoms with E-state index < -0.39 is 10.0 Å². The second-order valence-corrected chi connectivity index (χ2v) is 8.26. The van der Waals surface area contributed by atoms with E-state index in [-0.39, 0.29) is 5.03 Å². The molecule has 0 fully saturated rings. The molecule has 0 bridgehead atoms. The van der Waals surface area contributed by atoms with E-state index in [1.54, 1.807) is 23.5 Å². The summed E-state index contributed by atoms with van der Waals surface area (Å²) < 4.78 is 27.5. The van der Waals surface area contributed by atoms with Gasteiger partial charge in [-0.25, -0.2) is 13.4 Å². The summed E-state index contributed by atoms with van der Waals surface area (Å²) in [5, 5.41) is 2.09. The zero-order chi connectivity index (χ0) is 15.3. The highest BCUT2D eigenvalue weighted by molar-refractivity contribution is 9.10. The van der Waals surface area contributed by atoms with E-state index in [0.29, 0.717) is 17.6 Å². The Labute approximate surface area is 138 Å². The molecule has 2 aromatic heterocycles. The van der Waals surface area contributed by atoms with E-state index in [1.807, 2.05) is 24.4 Å². The summed E-state index contributed by atoms with van der Waals surface area (Å²) in [6.07, 6.45) is 3.00. The first-order valence-corrected chi connectivity index (χ1v) is 9.80. The molecule has 0 saturated heterocycles. The second kappa shape index (κ2) is 7.49. The van der Waals surface area contributed by atoms with Gasteiger partial charge < -0.3 is 0 Å². The van der Waals surface area contributed by atoms with Crippen LogP contribution in [0.15, 0.2) is 45.3 Å². The average Bonchev–Trinajstić information content (AvgIpc) is 2.96. The summed E-state index contributed by atoms with van der Waals surface area (Å²) in [6.45, 7) is 2.94. The summed E-state index contributed by atoms with van der Waals surface area (Å²) in [6, 6.07) is 7.41. The van der Waals surface area contributed by atoms with Gasteiger partial charge in [0.25, 0.3) is 10.0 Å². The van der Waals surface area contributed by atoms with E-state index in [2.05, 4.69) is 20.9 Å². The molecule has 0 aliphatic heterocycles. The molecule has 0 atom stereocenters. The molecule has 2 rings (SSSR count). The van der Waals surface area contributed by atoms with E-state index in [1.165, 1.54) is 15.4 Å². The highest BCUT2D eigenvalue weighted by Crippen LogP contribution is 2.23. The predicted molar refractivity (Wildman–Crippen MR) is 89.0 cm³/mol. The second-order valence-electron chi connectivity index (χ2n) is 4.52. The largest absolute Gasteiger partial charge is 0.261 e. The average molecular weight is 389 g/mol. The minimum Gasteiger partial charge on any atom is -0.242 e. The summed E-state index contributed by atoms with van der Waals surface area (Å²) in [5.74, 6) is 0. The number of halogens is 1. The normalized spacial score (nSPS) is 12.0. The first-order valence-electron chi connectivity index (χ1n) is 6.68. The topological polar surface area (TPSA) is 50.3 Å². The minimum absolute atomic E-state index is 0.0876. The van der Waals surface area contributed by atoms with Crippen molar-refractivity contribution in [3.63, 3.8) is 0 Å². The number of nitrogens with zero attached hydrogens (tertiary/aromatic N) is 2. The van der Waals surface area contributed by atoms with Gasteiger partial charge in [-0.15, -0.1) is 11.3 Å². The highest BCUT2D eigenvalue weighted by atomic mass is 79.9. The molecule has 0 aromatic carbocycles. The first kappa shape index (κ1) is 16.6. The van der Waals surface area contributed by atoms with Crippen molar-refractivity contribution in [1.29, 1.82) is 0 Å². The van der Waals surface area contributed by atoms with E-state index in [9.17, 15) is 8.42 Å². The van der Waals surface area contributed by atoms with Crippen molar-refractivity contribution in [2.75, 3.05) is 13.1 Å².